The van der Waals surface area contributed by atoms with Gasteiger partial charge in [-0.1, -0.05) is 6.07 Å². The molecular weight excluding hydrogens is 232 g/mol. The summed E-state index contributed by atoms with van der Waals surface area (Å²) in [5, 5.41) is 18.3. The van der Waals surface area contributed by atoms with Crippen molar-refractivity contribution < 1.29 is 15.0 Å². The number of hydrogen-bond donors (Lipinski definition) is 3. The van der Waals surface area contributed by atoms with Crippen molar-refractivity contribution >= 4 is 17.3 Å². The van der Waals surface area contributed by atoms with Crippen LogP contribution < -0.4 is 10.6 Å². The maximum absolute atomic E-state index is 11.3. The van der Waals surface area contributed by atoms with Gasteiger partial charge in [0.15, 0.2) is 0 Å². The number of carboxylic acid groups (broad SMARTS) is 1. The van der Waals surface area contributed by atoms with Crippen LogP contribution in [-0.2, 0) is 0 Å². The van der Waals surface area contributed by atoms with E-state index in [1.54, 1.807) is 18.2 Å². The summed E-state index contributed by atoms with van der Waals surface area (Å²) in [6, 6.07) is 5.12. The molecule has 4 N–H and O–H groups in total. The minimum absolute atomic E-state index is 0.107. The quantitative estimate of drug-likeness (QED) is 0.701. The van der Waals surface area contributed by atoms with Gasteiger partial charge in [0.2, 0.25) is 0 Å². The monoisotopic (exact) mass is 250 g/mol. The lowest BCUT2D eigenvalue weighted by atomic mass is 10.1. The summed E-state index contributed by atoms with van der Waals surface area (Å²) in [4.78, 5) is 13.3. The van der Waals surface area contributed by atoms with E-state index in [-0.39, 0.29) is 18.2 Å². The number of hydrogen-bond acceptors (Lipinski definition) is 4. The van der Waals surface area contributed by atoms with Crippen molar-refractivity contribution in [2.24, 2.45) is 0 Å². The molecule has 0 aromatic heterocycles. The first-order valence-corrected chi connectivity index (χ1v) is 6.14. The van der Waals surface area contributed by atoms with Gasteiger partial charge in [0, 0.05) is 19.2 Å². The van der Waals surface area contributed by atoms with Gasteiger partial charge in [0.1, 0.15) is 0 Å². The van der Waals surface area contributed by atoms with E-state index >= 15 is 0 Å². The third kappa shape index (κ3) is 2.26. The van der Waals surface area contributed by atoms with E-state index in [2.05, 4.69) is 0 Å². The lowest BCUT2D eigenvalue weighted by molar-refractivity contribution is 0.0697. The van der Waals surface area contributed by atoms with Gasteiger partial charge in [0.05, 0.1) is 16.9 Å². The summed E-state index contributed by atoms with van der Waals surface area (Å²) in [5.41, 5.74) is 7.25. The number of aliphatic hydroxyl groups is 1. The Bertz CT molecular complexity index is 448. The van der Waals surface area contributed by atoms with Crippen LogP contribution in [0.25, 0.3) is 0 Å². The van der Waals surface area contributed by atoms with E-state index in [1.165, 1.54) is 0 Å². The number of carbonyl (C=O) groups is 1. The summed E-state index contributed by atoms with van der Waals surface area (Å²) < 4.78 is 0. The first kappa shape index (κ1) is 12.7. The lowest BCUT2D eigenvalue weighted by Gasteiger charge is -2.28. The van der Waals surface area contributed by atoms with Crippen LogP contribution in [0, 0.1) is 0 Å². The van der Waals surface area contributed by atoms with Crippen LogP contribution in [0.5, 0.6) is 0 Å². The molecule has 0 bridgehead atoms. The average Bonchev–Trinajstić information content (AvgIpc) is 2.77. The maximum Gasteiger partial charge on any atom is 0.337 e. The number of aliphatic hydroxyl groups excluding tert-OH is 1. The summed E-state index contributed by atoms with van der Waals surface area (Å²) in [5.74, 6) is -0.966. The number of para-hydroxylation sites is 1. The Labute approximate surface area is 106 Å². The van der Waals surface area contributed by atoms with Crippen molar-refractivity contribution in [3.63, 3.8) is 0 Å². The largest absolute Gasteiger partial charge is 0.478 e. The van der Waals surface area contributed by atoms with E-state index in [9.17, 15) is 9.90 Å². The van der Waals surface area contributed by atoms with Crippen molar-refractivity contribution in [2.45, 2.75) is 25.3 Å². The predicted molar refractivity (Wildman–Crippen MR) is 69.9 cm³/mol. The Kier molecular flexibility index (Phi) is 3.72. The molecule has 0 radical (unpaired) electrons. The molecule has 1 saturated heterocycles. The Hall–Kier alpha value is -1.75. The van der Waals surface area contributed by atoms with Gasteiger partial charge in [-0.3, -0.25) is 0 Å². The van der Waals surface area contributed by atoms with Gasteiger partial charge in [-0.15, -0.1) is 0 Å². The number of carboxylic acids is 1. The highest BCUT2D eigenvalue weighted by molar-refractivity contribution is 5.98. The van der Waals surface area contributed by atoms with Crippen molar-refractivity contribution in [1.82, 2.24) is 0 Å². The number of nitrogens with zero attached hydrogens (tertiary/aromatic N) is 1. The van der Waals surface area contributed by atoms with Gasteiger partial charge in [0.25, 0.3) is 0 Å². The molecule has 1 aliphatic rings. The molecule has 1 atom stereocenters. The Morgan fingerprint density at radius 2 is 2.28 bits per heavy atom. The van der Waals surface area contributed by atoms with Crippen LogP contribution in [-0.4, -0.2) is 35.4 Å². The zero-order valence-electron chi connectivity index (χ0n) is 10.2. The first-order chi connectivity index (χ1) is 8.65. The number of aromatic carboxylic acids is 1. The standard InChI is InChI=1S/C13H18N2O3/c14-11-5-1-4-10(13(17)18)12(11)15-7-2-3-9(15)6-8-16/h1,4-5,9,16H,2-3,6-8,14H2,(H,17,18). The van der Waals surface area contributed by atoms with Crippen molar-refractivity contribution in [1.29, 1.82) is 0 Å². The fraction of sp³-hybridized carbons (Fsp3) is 0.462. The number of anilines is 2. The maximum atomic E-state index is 11.3. The highest BCUT2D eigenvalue weighted by Gasteiger charge is 2.28. The fourth-order valence-electron chi connectivity index (χ4n) is 2.63. The highest BCUT2D eigenvalue weighted by atomic mass is 16.4. The molecule has 1 unspecified atom stereocenters. The number of benzene rings is 1. The van der Waals surface area contributed by atoms with E-state index in [0.717, 1.165) is 19.4 Å². The van der Waals surface area contributed by atoms with Gasteiger partial charge in [-0.2, -0.15) is 0 Å². The summed E-state index contributed by atoms with van der Waals surface area (Å²) >= 11 is 0. The molecule has 0 aliphatic carbocycles. The molecule has 5 heteroatoms. The van der Waals surface area contributed by atoms with E-state index < -0.39 is 5.97 Å². The van der Waals surface area contributed by atoms with E-state index in [1.807, 2.05) is 4.90 Å². The molecule has 2 rings (SSSR count). The molecule has 1 aliphatic heterocycles. The third-order valence-electron chi connectivity index (χ3n) is 3.42. The Balaban J connectivity index is 2.40. The van der Waals surface area contributed by atoms with Gasteiger partial charge >= 0.3 is 5.97 Å². The molecule has 1 fully saturated rings. The van der Waals surface area contributed by atoms with Gasteiger partial charge in [-0.05, 0) is 31.4 Å². The zero-order valence-corrected chi connectivity index (χ0v) is 10.2. The van der Waals surface area contributed by atoms with Crippen molar-refractivity contribution in [2.75, 3.05) is 23.8 Å². The average molecular weight is 250 g/mol. The molecule has 18 heavy (non-hydrogen) atoms. The smallest absolute Gasteiger partial charge is 0.337 e. The molecule has 98 valence electrons. The van der Waals surface area contributed by atoms with Crippen LogP contribution in [0.15, 0.2) is 18.2 Å². The molecule has 1 aromatic carbocycles. The molecule has 1 aromatic rings. The van der Waals surface area contributed by atoms with Crippen molar-refractivity contribution in [3.8, 4) is 0 Å². The molecular formula is C13H18N2O3. The minimum Gasteiger partial charge on any atom is -0.478 e. The topological polar surface area (TPSA) is 86.8 Å². The molecule has 0 saturated carbocycles. The van der Waals surface area contributed by atoms with Crippen LogP contribution in [0.3, 0.4) is 0 Å². The lowest BCUT2D eigenvalue weighted by Crippen LogP contribution is -2.32. The first-order valence-electron chi connectivity index (χ1n) is 6.14. The predicted octanol–water partition coefficient (Wildman–Crippen LogP) is 1.32. The second-order valence-corrected chi connectivity index (χ2v) is 4.55. The molecule has 5 nitrogen and oxygen atoms in total. The van der Waals surface area contributed by atoms with Crippen LogP contribution in [0.4, 0.5) is 11.4 Å². The number of rotatable bonds is 4. The fourth-order valence-corrected chi connectivity index (χ4v) is 2.63. The summed E-state index contributed by atoms with van der Waals surface area (Å²) in [7, 11) is 0. The van der Waals surface area contributed by atoms with Gasteiger partial charge < -0.3 is 20.8 Å². The van der Waals surface area contributed by atoms with Crippen molar-refractivity contribution in [3.05, 3.63) is 23.8 Å². The summed E-state index contributed by atoms with van der Waals surface area (Å²) in [6.45, 7) is 0.898. The Morgan fingerprint density at radius 3 is 2.94 bits per heavy atom. The zero-order chi connectivity index (χ0) is 13.1. The van der Waals surface area contributed by atoms with Crippen LogP contribution in [0.1, 0.15) is 29.6 Å². The third-order valence-corrected chi connectivity index (χ3v) is 3.42. The molecule has 1 heterocycles. The number of nitrogens with two attached hydrogens (primary N) is 1. The minimum atomic E-state index is -0.966. The Morgan fingerprint density at radius 1 is 1.50 bits per heavy atom. The second-order valence-electron chi connectivity index (χ2n) is 4.55. The second kappa shape index (κ2) is 5.27. The van der Waals surface area contributed by atoms with E-state index in [4.69, 9.17) is 10.8 Å². The highest BCUT2D eigenvalue weighted by Crippen LogP contribution is 2.34. The molecule has 0 spiro atoms. The van der Waals surface area contributed by atoms with Crippen LogP contribution in [0.2, 0.25) is 0 Å². The molecule has 0 amide bonds. The summed E-state index contributed by atoms with van der Waals surface area (Å²) in [6.07, 6.45) is 2.61. The van der Waals surface area contributed by atoms with Gasteiger partial charge in [-0.25, -0.2) is 4.79 Å². The SMILES string of the molecule is Nc1cccc(C(=O)O)c1N1CCCC1CCO. The van der Waals surface area contributed by atoms with E-state index in [0.29, 0.717) is 17.8 Å². The number of nitrogen functional groups attached to an aromatic ring is 1. The normalized spacial score (nSPS) is 19.2. The van der Waals surface area contributed by atoms with Crippen LogP contribution >= 0.6 is 0 Å².